The highest BCUT2D eigenvalue weighted by atomic mass is 16.6. The number of hydrogen-bond acceptors (Lipinski definition) is 7. The van der Waals surface area contributed by atoms with E-state index >= 15 is 0 Å². The maximum absolute atomic E-state index is 13.3. The highest BCUT2D eigenvalue weighted by molar-refractivity contribution is 5.96. The Bertz CT molecular complexity index is 1700. The fraction of sp³-hybridized carbons (Fsp3) is 0.394. The van der Waals surface area contributed by atoms with E-state index in [1.165, 1.54) is 61.9 Å². The molecule has 9 nitrogen and oxygen atoms in total. The lowest BCUT2D eigenvalue weighted by Gasteiger charge is -2.23. The summed E-state index contributed by atoms with van der Waals surface area (Å²) in [7, 11) is 1.34. The maximum Gasteiger partial charge on any atom is 0.280 e. The van der Waals surface area contributed by atoms with Crippen LogP contribution in [-0.4, -0.2) is 40.1 Å². The van der Waals surface area contributed by atoms with E-state index in [4.69, 9.17) is 9.82 Å². The van der Waals surface area contributed by atoms with Gasteiger partial charge in [-0.3, -0.25) is 14.4 Å². The van der Waals surface area contributed by atoms with Gasteiger partial charge in [0.05, 0.1) is 12.5 Å². The minimum Gasteiger partial charge on any atom is -0.324 e. The number of hydrogen-bond donors (Lipinski definition) is 3. The minimum atomic E-state index is -0.618. The fourth-order valence-electron chi connectivity index (χ4n) is 7.17. The molecule has 0 saturated heterocycles. The number of carbonyl (C=O) groups is 1. The van der Waals surface area contributed by atoms with E-state index in [1.54, 1.807) is 4.57 Å². The van der Waals surface area contributed by atoms with E-state index < -0.39 is 11.3 Å². The lowest BCUT2D eigenvalue weighted by Crippen LogP contribution is -2.35. The molecule has 1 amide bonds. The summed E-state index contributed by atoms with van der Waals surface area (Å²) in [5.41, 5.74) is 7.78. The molecule has 4 aromatic rings. The number of anilines is 2. The van der Waals surface area contributed by atoms with Crippen LogP contribution in [0.25, 0.3) is 16.7 Å². The molecule has 7 rings (SSSR count). The molecule has 0 aliphatic heterocycles. The minimum absolute atomic E-state index is 0.0420. The van der Waals surface area contributed by atoms with Crippen molar-refractivity contribution in [2.75, 3.05) is 19.0 Å². The predicted octanol–water partition coefficient (Wildman–Crippen LogP) is 4.62. The topological polar surface area (TPSA) is 110 Å². The Labute approximate surface area is 244 Å². The molecule has 3 atom stereocenters. The number of nitrogens with zero attached hydrogens (tertiary/aromatic N) is 3. The molecule has 3 aliphatic carbocycles. The van der Waals surface area contributed by atoms with Gasteiger partial charge >= 0.3 is 0 Å². The lowest BCUT2D eigenvalue weighted by atomic mass is 9.95. The van der Waals surface area contributed by atoms with Crippen molar-refractivity contribution in [3.63, 3.8) is 0 Å². The summed E-state index contributed by atoms with van der Waals surface area (Å²) in [4.78, 5) is 39.9. The molecule has 0 radical (unpaired) electrons. The van der Waals surface area contributed by atoms with Gasteiger partial charge < -0.3 is 15.2 Å². The van der Waals surface area contributed by atoms with Crippen molar-refractivity contribution >= 4 is 28.6 Å². The Balaban J connectivity index is 1.13. The molecule has 0 spiro atoms. The van der Waals surface area contributed by atoms with Gasteiger partial charge in [-0.05, 0) is 104 Å². The number of amides is 1. The zero-order chi connectivity index (χ0) is 28.6. The standard InChI is InChI=1S/C33H36N6O3/c1-42-38-32(41)28-19-39(26-12-9-22-3-2-4-23(22)17-26)31-27(30(28)40)18-35-33(37-31)36-25-10-6-20(7-11-25)13-14-34-29-16-21-5-8-24(29)15-21/h6-7,9-12,17-19,21,24,29,34H,2-5,8,13-16H2,1H3,(H,38,41)(H,35,36,37). The van der Waals surface area contributed by atoms with Gasteiger partial charge in [-0.15, -0.1) is 0 Å². The van der Waals surface area contributed by atoms with Crippen molar-refractivity contribution in [2.24, 2.45) is 11.8 Å². The molecule has 3 aliphatic rings. The van der Waals surface area contributed by atoms with Gasteiger partial charge in [0, 0.05) is 29.8 Å². The third kappa shape index (κ3) is 5.18. The van der Waals surface area contributed by atoms with Crippen molar-refractivity contribution in [2.45, 2.75) is 57.4 Å². The molecule has 42 heavy (non-hydrogen) atoms. The summed E-state index contributed by atoms with van der Waals surface area (Å²) in [6, 6.07) is 15.3. The van der Waals surface area contributed by atoms with Crippen LogP contribution >= 0.6 is 0 Å². The summed E-state index contributed by atoms with van der Waals surface area (Å²) in [6.45, 7) is 0.999. The first kappa shape index (κ1) is 26.8. The van der Waals surface area contributed by atoms with Gasteiger partial charge in [0.25, 0.3) is 5.91 Å². The number of hydroxylamine groups is 1. The number of aryl methyl sites for hydroxylation is 2. The van der Waals surface area contributed by atoms with E-state index in [9.17, 15) is 9.59 Å². The van der Waals surface area contributed by atoms with Gasteiger partial charge in [0.15, 0.2) is 5.65 Å². The fourth-order valence-corrected chi connectivity index (χ4v) is 7.17. The first-order chi connectivity index (χ1) is 20.6. The van der Waals surface area contributed by atoms with Crippen molar-refractivity contribution in [3.05, 3.63) is 87.3 Å². The monoisotopic (exact) mass is 564 g/mol. The van der Waals surface area contributed by atoms with Gasteiger partial charge in [-0.1, -0.05) is 24.6 Å². The SMILES string of the molecule is CONC(=O)c1cn(-c2ccc3c(c2)CCC3)c2nc(Nc3ccc(CCNC4CC5CCC4C5)cc3)ncc2c1=O. The number of benzene rings is 2. The number of carbonyl (C=O) groups excluding carboxylic acids is 1. The van der Waals surface area contributed by atoms with Crippen LogP contribution in [0.4, 0.5) is 11.6 Å². The maximum atomic E-state index is 13.3. The zero-order valence-corrected chi connectivity index (χ0v) is 23.9. The van der Waals surface area contributed by atoms with Crippen molar-refractivity contribution < 1.29 is 9.63 Å². The van der Waals surface area contributed by atoms with E-state index in [0.717, 1.165) is 55.4 Å². The Kier molecular flexibility index (Phi) is 7.21. The molecular formula is C33H36N6O3. The van der Waals surface area contributed by atoms with E-state index in [1.807, 2.05) is 18.2 Å². The molecule has 9 heteroatoms. The number of pyridine rings is 1. The summed E-state index contributed by atoms with van der Waals surface area (Å²) >= 11 is 0. The Morgan fingerprint density at radius 2 is 1.93 bits per heavy atom. The summed E-state index contributed by atoms with van der Waals surface area (Å²) < 4.78 is 1.79. The first-order valence-electron chi connectivity index (χ1n) is 15.0. The zero-order valence-electron chi connectivity index (χ0n) is 23.9. The van der Waals surface area contributed by atoms with Gasteiger partial charge in [0.2, 0.25) is 11.4 Å². The van der Waals surface area contributed by atoms with Crippen molar-refractivity contribution in [1.82, 2.24) is 25.3 Å². The molecule has 3 N–H and O–H groups in total. The highest BCUT2D eigenvalue weighted by Gasteiger charge is 2.38. The summed E-state index contributed by atoms with van der Waals surface area (Å²) in [6.07, 6.45) is 12.8. The Morgan fingerprint density at radius 3 is 2.71 bits per heavy atom. The average Bonchev–Trinajstić information content (AvgIpc) is 3.76. The third-order valence-corrected chi connectivity index (χ3v) is 9.31. The smallest absolute Gasteiger partial charge is 0.280 e. The van der Waals surface area contributed by atoms with Crippen LogP contribution in [0.15, 0.2) is 59.7 Å². The summed E-state index contributed by atoms with van der Waals surface area (Å²) in [5, 5.41) is 7.33. The van der Waals surface area contributed by atoms with Crippen LogP contribution in [0.2, 0.25) is 0 Å². The normalized spacial score (nSPS) is 20.6. The Morgan fingerprint density at radius 1 is 1.07 bits per heavy atom. The second-order valence-corrected chi connectivity index (χ2v) is 11.9. The van der Waals surface area contributed by atoms with Gasteiger partial charge in [-0.2, -0.15) is 4.98 Å². The van der Waals surface area contributed by atoms with Crippen LogP contribution in [-0.2, 0) is 24.1 Å². The summed E-state index contributed by atoms with van der Waals surface area (Å²) in [5.74, 6) is 1.59. The second-order valence-electron chi connectivity index (χ2n) is 11.9. The highest BCUT2D eigenvalue weighted by Crippen LogP contribution is 2.44. The predicted molar refractivity (Wildman–Crippen MR) is 162 cm³/mol. The molecule has 3 unspecified atom stereocenters. The Hall–Kier alpha value is -4.08. The van der Waals surface area contributed by atoms with Crippen molar-refractivity contribution in [1.29, 1.82) is 0 Å². The molecule has 2 aromatic heterocycles. The molecule has 2 saturated carbocycles. The molecule has 2 bridgehead atoms. The number of aromatic nitrogens is 3. The lowest BCUT2D eigenvalue weighted by molar-refractivity contribution is 0.0536. The number of fused-ring (bicyclic) bond motifs is 4. The molecule has 2 aromatic carbocycles. The van der Waals surface area contributed by atoms with Crippen LogP contribution in [0.3, 0.4) is 0 Å². The van der Waals surface area contributed by atoms with Crippen LogP contribution in [0.1, 0.15) is 59.2 Å². The molecular weight excluding hydrogens is 528 g/mol. The van der Waals surface area contributed by atoms with Crippen molar-refractivity contribution in [3.8, 4) is 5.69 Å². The average molecular weight is 565 g/mol. The van der Waals surface area contributed by atoms with Crippen LogP contribution < -0.4 is 21.5 Å². The third-order valence-electron chi connectivity index (χ3n) is 9.31. The van der Waals surface area contributed by atoms with Gasteiger partial charge in [-0.25, -0.2) is 10.5 Å². The van der Waals surface area contributed by atoms with E-state index in [2.05, 4.69) is 45.4 Å². The first-order valence-corrected chi connectivity index (χ1v) is 15.0. The quantitative estimate of drug-likeness (QED) is 0.254. The number of nitrogens with one attached hydrogen (secondary N) is 3. The number of rotatable bonds is 9. The molecule has 2 heterocycles. The second kappa shape index (κ2) is 11.3. The largest absolute Gasteiger partial charge is 0.324 e. The van der Waals surface area contributed by atoms with E-state index in [0.29, 0.717) is 17.6 Å². The van der Waals surface area contributed by atoms with Crippen LogP contribution in [0, 0.1) is 11.8 Å². The molecule has 216 valence electrons. The molecule has 2 fully saturated rings. The van der Waals surface area contributed by atoms with Gasteiger partial charge in [0.1, 0.15) is 5.56 Å². The van der Waals surface area contributed by atoms with Crippen LogP contribution in [0.5, 0.6) is 0 Å². The van der Waals surface area contributed by atoms with E-state index in [-0.39, 0.29) is 10.9 Å².